The zero-order chi connectivity index (χ0) is 23.5. The Bertz CT molecular complexity index is 1260. The van der Waals surface area contributed by atoms with E-state index in [4.69, 9.17) is 33.7 Å². The van der Waals surface area contributed by atoms with Crippen molar-refractivity contribution in [3.8, 4) is 5.75 Å². The van der Waals surface area contributed by atoms with Gasteiger partial charge in [-0.15, -0.1) is 0 Å². The predicted molar refractivity (Wildman–Crippen MR) is 139 cm³/mol. The van der Waals surface area contributed by atoms with Crippen LogP contribution >= 0.6 is 51.5 Å². The maximum atomic E-state index is 12.9. The number of thiocarbonyl (C=S) groups is 1. The van der Waals surface area contributed by atoms with E-state index in [2.05, 4.69) is 15.9 Å². The molecule has 1 fully saturated rings. The van der Waals surface area contributed by atoms with Crippen molar-refractivity contribution in [3.05, 3.63) is 97.8 Å². The molecular formula is C24H15BrClNO4S2. The van der Waals surface area contributed by atoms with Gasteiger partial charge in [-0.1, -0.05) is 65.9 Å². The van der Waals surface area contributed by atoms with E-state index in [1.165, 1.54) is 28.8 Å². The third-order valence-electron chi connectivity index (χ3n) is 4.71. The van der Waals surface area contributed by atoms with Gasteiger partial charge in [0.15, 0.2) is 10.1 Å². The first-order valence-corrected chi connectivity index (χ1v) is 12.0. The average Bonchev–Trinajstić information content (AvgIpc) is 3.06. The normalized spacial score (nSPS) is 14.7. The topological polar surface area (TPSA) is 66.8 Å². The van der Waals surface area contributed by atoms with E-state index in [-0.39, 0.29) is 18.1 Å². The highest BCUT2D eigenvalue weighted by molar-refractivity contribution is 9.10. The third kappa shape index (κ3) is 5.30. The molecular weight excluding hydrogens is 546 g/mol. The number of halogens is 2. The second-order valence-electron chi connectivity index (χ2n) is 6.96. The molecule has 0 spiro atoms. The van der Waals surface area contributed by atoms with Crippen molar-refractivity contribution in [3.63, 3.8) is 0 Å². The Morgan fingerprint density at radius 2 is 1.85 bits per heavy atom. The van der Waals surface area contributed by atoms with Crippen LogP contribution in [0.5, 0.6) is 5.75 Å². The molecule has 4 rings (SSSR count). The molecule has 1 aliphatic rings. The fraction of sp³-hybridized carbons (Fsp3) is 0.0417. The van der Waals surface area contributed by atoms with Crippen molar-refractivity contribution in [2.45, 2.75) is 6.61 Å². The van der Waals surface area contributed by atoms with E-state index >= 15 is 0 Å². The highest BCUT2D eigenvalue weighted by atomic mass is 79.9. The summed E-state index contributed by atoms with van der Waals surface area (Å²) in [6.45, 7) is 0.216. The summed E-state index contributed by atoms with van der Waals surface area (Å²) in [5, 5.41) is 9.37. The molecule has 1 N–H and O–H groups in total. The number of hydrogen-bond donors (Lipinski definition) is 1. The zero-order valence-corrected chi connectivity index (χ0v) is 20.8. The van der Waals surface area contributed by atoms with Crippen LogP contribution in [-0.4, -0.2) is 21.3 Å². The van der Waals surface area contributed by atoms with Gasteiger partial charge in [-0.2, -0.15) is 0 Å². The third-order valence-corrected chi connectivity index (χ3v) is 6.88. The molecule has 0 unspecified atom stereocenters. The first-order chi connectivity index (χ1) is 15.8. The van der Waals surface area contributed by atoms with Crippen LogP contribution in [0.2, 0.25) is 5.02 Å². The standard InChI is InChI=1S/C24H15BrClNO4S2/c25-18-10-15(12-20-22(28)27(24(32)33-20)17-4-2-1-3-5-17)11-19(26)21(18)31-13-14-6-8-16(9-7-14)23(29)30/h1-12H,13H2,(H,29,30)/b20-12+. The lowest BCUT2D eigenvalue weighted by Crippen LogP contribution is -2.27. The van der Waals surface area contributed by atoms with Crippen LogP contribution < -0.4 is 9.64 Å². The SMILES string of the molecule is O=C(O)c1ccc(COc2c(Cl)cc(/C=C3/SC(=S)N(c4ccccc4)C3=O)cc2Br)cc1. The number of ether oxygens (including phenoxy) is 1. The molecule has 0 aromatic heterocycles. The minimum Gasteiger partial charge on any atom is -0.486 e. The Kier molecular flexibility index (Phi) is 7.19. The van der Waals surface area contributed by atoms with Gasteiger partial charge in [-0.05, 0) is 69.5 Å². The Morgan fingerprint density at radius 3 is 2.48 bits per heavy atom. The van der Waals surface area contributed by atoms with Gasteiger partial charge in [0.25, 0.3) is 5.91 Å². The Labute approximate surface area is 213 Å². The first-order valence-electron chi connectivity index (χ1n) is 9.60. The number of carboxylic acids is 1. The van der Waals surface area contributed by atoms with Gasteiger partial charge in [0, 0.05) is 0 Å². The number of para-hydroxylation sites is 1. The van der Waals surface area contributed by atoms with Crippen LogP contribution in [0, 0.1) is 0 Å². The maximum Gasteiger partial charge on any atom is 0.335 e. The van der Waals surface area contributed by atoms with Gasteiger partial charge in [0.2, 0.25) is 0 Å². The quantitative estimate of drug-likeness (QED) is 0.265. The van der Waals surface area contributed by atoms with E-state index in [1.54, 1.807) is 24.3 Å². The Balaban J connectivity index is 1.51. The highest BCUT2D eigenvalue weighted by Crippen LogP contribution is 2.39. The fourth-order valence-electron chi connectivity index (χ4n) is 3.12. The smallest absolute Gasteiger partial charge is 0.335 e. The summed E-state index contributed by atoms with van der Waals surface area (Å²) in [7, 11) is 0. The van der Waals surface area contributed by atoms with Crippen LogP contribution in [0.25, 0.3) is 6.08 Å². The zero-order valence-electron chi connectivity index (χ0n) is 16.8. The second kappa shape index (κ2) is 10.1. The van der Waals surface area contributed by atoms with Crippen LogP contribution in [-0.2, 0) is 11.4 Å². The summed E-state index contributed by atoms with van der Waals surface area (Å²) < 4.78 is 6.94. The van der Waals surface area contributed by atoms with Gasteiger partial charge in [-0.25, -0.2) is 4.79 Å². The molecule has 0 aliphatic carbocycles. The largest absolute Gasteiger partial charge is 0.486 e. The van der Waals surface area contributed by atoms with Gasteiger partial charge in [-0.3, -0.25) is 9.69 Å². The molecule has 1 amide bonds. The molecule has 1 heterocycles. The molecule has 166 valence electrons. The number of aromatic carboxylic acids is 1. The molecule has 3 aromatic carbocycles. The van der Waals surface area contributed by atoms with Crippen molar-refractivity contribution < 1.29 is 19.4 Å². The van der Waals surface area contributed by atoms with Crippen molar-refractivity contribution in [2.24, 2.45) is 0 Å². The van der Waals surface area contributed by atoms with Gasteiger partial charge >= 0.3 is 5.97 Å². The molecule has 1 saturated heterocycles. The summed E-state index contributed by atoms with van der Waals surface area (Å²) in [5.74, 6) is -0.717. The first kappa shape index (κ1) is 23.5. The summed E-state index contributed by atoms with van der Waals surface area (Å²) in [4.78, 5) is 25.9. The maximum absolute atomic E-state index is 12.9. The lowest BCUT2D eigenvalue weighted by molar-refractivity contribution is -0.113. The average molecular weight is 561 g/mol. The van der Waals surface area contributed by atoms with Crippen molar-refractivity contribution in [1.82, 2.24) is 0 Å². The molecule has 0 radical (unpaired) electrons. The molecule has 0 atom stereocenters. The highest BCUT2D eigenvalue weighted by Gasteiger charge is 2.33. The van der Waals surface area contributed by atoms with Crippen LogP contribution in [0.4, 0.5) is 5.69 Å². The van der Waals surface area contributed by atoms with Gasteiger partial charge in [0.05, 0.1) is 25.7 Å². The number of nitrogens with zero attached hydrogens (tertiary/aromatic N) is 1. The molecule has 33 heavy (non-hydrogen) atoms. The number of rotatable bonds is 6. The fourth-order valence-corrected chi connectivity index (χ4v) is 5.41. The molecule has 0 saturated carbocycles. The van der Waals surface area contributed by atoms with E-state index in [1.807, 2.05) is 36.4 Å². The molecule has 0 bridgehead atoms. The van der Waals surface area contributed by atoms with Crippen molar-refractivity contribution in [2.75, 3.05) is 4.90 Å². The number of anilines is 1. The minimum absolute atomic E-state index is 0.187. The molecule has 5 nitrogen and oxygen atoms in total. The Morgan fingerprint density at radius 1 is 1.15 bits per heavy atom. The summed E-state index contributed by atoms with van der Waals surface area (Å²) >= 11 is 16.6. The van der Waals surface area contributed by atoms with E-state index in [9.17, 15) is 9.59 Å². The summed E-state index contributed by atoms with van der Waals surface area (Å²) in [6.07, 6.45) is 1.74. The number of hydrogen-bond acceptors (Lipinski definition) is 5. The van der Waals surface area contributed by atoms with Crippen molar-refractivity contribution >= 4 is 79.5 Å². The number of carboxylic acid groups (broad SMARTS) is 1. The van der Waals surface area contributed by atoms with Gasteiger partial charge in [0.1, 0.15) is 6.61 Å². The van der Waals surface area contributed by atoms with Crippen LogP contribution in [0.3, 0.4) is 0 Å². The molecule has 1 aliphatic heterocycles. The number of carbonyl (C=O) groups is 2. The number of carbonyl (C=O) groups excluding carboxylic acids is 1. The number of benzene rings is 3. The number of amides is 1. The summed E-state index contributed by atoms with van der Waals surface area (Å²) in [5.41, 5.74) is 2.46. The van der Waals surface area contributed by atoms with Crippen LogP contribution in [0.15, 0.2) is 76.1 Å². The lowest BCUT2D eigenvalue weighted by Gasteiger charge is -2.14. The minimum atomic E-state index is -0.982. The predicted octanol–water partition coefficient (Wildman–Crippen LogP) is 6.79. The van der Waals surface area contributed by atoms with Gasteiger partial charge < -0.3 is 9.84 Å². The second-order valence-corrected chi connectivity index (χ2v) is 9.89. The molecule has 9 heteroatoms. The lowest BCUT2D eigenvalue weighted by atomic mass is 10.1. The number of thioether (sulfide) groups is 1. The monoisotopic (exact) mass is 559 g/mol. The van der Waals surface area contributed by atoms with E-state index < -0.39 is 5.97 Å². The van der Waals surface area contributed by atoms with Crippen molar-refractivity contribution in [1.29, 1.82) is 0 Å². The Hall–Kier alpha value is -2.65. The van der Waals surface area contributed by atoms with E-state index in [0.29, 0.717) is 24.5 Å². The molecule has 3 aromatic rings. The van der Waals surface area contributed by atoms with Crippen LogP contribution in [0.1, 0.15) is 21.5 Å². The summed E-state index contributed by atoms with van der Waals surface area (Å²) in [6, 6.07) is 19.2. The van der Waals surface area contributed by atoms with E-state index in [0.717, 1.165) is 16.8 Å².